The average Bonchev–Trinajstić information content (AvgIpc) is 2.67. The molecular formula is C20H32N3O3S+. The van der Waals surface area contributed by atoms with E-state index in [0.29, 0.717) is 42.9 Å². The lowest BCUT2D eigenvalue weighted by Crippen LogP contribution is -3.19. The summed E-state index contributed by atoms with van der Waals surface area (Å²) in [5.41, 5.74) is 0. The number of sulfonamides is 1. The van der Waals surface area contributed by atoms with Crippen LogP contribution in [0.25, 0.3) is 0 Å². The molecule has 1 amide bonds. The molecular weight excluding hydrogens is 362 g/mol. The number of likely N-dealkylation sites (tertiary alicyclic amines) is 1. The fourth-order valence-electron chi connectivity index (χ4n) is 4.48. The average molecular weight is 395 g/mol. The molecule has 1 aromatic rings. The molecule has 2 fully saturated rings. The molecule has 3 rings (SSSR count). The number of hydrogen-bond acceptors (Lipinski definition) is 3. The van der Waals surface area contributed by atoms with Crippen LogP contribution in [0.15, 0.2) is 35.2 Å². The van der Waals surface area contributed by atoms with E-state index >= 15 is 0 Å². The van der Waals surface area contributed by atoms with Gasteiger partial charge in [-0.25, -0.2) is 8.42 Å². The van der Waals surface area contributed by atoms with Gasteiger partial charge in [0.2, 0.25) is 10.0 Å². The van der Waals surface area contributed by atoms with Crippen LogP contribution in [0.4, 0.5) is 0 Å². The predicted octanol–water partition coefficient (Wildman–Crippen LogP) is 0.469. The van der Waals surface area contributed by atoms with Crippen LogP contribution in [0.3, 0.4) is 0 Å². The van der Waals surface area contributed by atoms with Crippen LogP contribution in [-0.2, 0) is 14.8 Å². The molecule has 0 aromatic heterocycles. The number of nitrogens with zero attached hydrogens (tertiary/aromatic N) is 2. The van der Waals surface area contributed by atoms with Crippen molar-refractivity contribution in [3.63, 3.8) is 0 Å². The Kier molecular flexibility index (Phi) is 6.23. The fraction of sp³-hybridized carbons (Fsp3) is 0.650. The third-order valence-corrected chi connectivity index (χ3v) is 7.82. The summed E-state index contributed by atoms with van der Waals surface area (Å²) in [4.78, 5) is 16.5. The number of rotatable bonds is 4. The van der Waals surface area contributed by atoms with Crippen molar-refractivity contribution in [2.75, 3.05) is 39.3 Å². The zero-order valence-corrected chi connectivity index (χ0v) is 17.4. The minimum atomic E-state index is -3.44. The highest BCUT2D eigenvalue weighted by Gasteiger charge is 2.37. The molecule has 0 spiro atoms. The van der Waals surface area contributed by atoms with Gasteiger partial charge in [-0.3, -0.25) is 4.79 Å². The Bertz CT molecular complexity index is 735. The summed E-state index contributed by atoms with van der Waals surface area (Å²) in [5, 5.41) is 0. The van der Waals surface area contributed by atoms with Crippen LogP contribution < -0.4 is 4.90 Å². The highest BCUT2D eigenvalue weighted by atomic mass is 32.2. The molecule has 0 radical (unpaired) electrons. The van der Waals surface area contributed by atoms with Crippen molar-refractivity contribution in [3.05, 3.63) is 30.3 Å². The molecule has 0 bridgehead atoms. The first kappa shape index (κ1) is 20.3. The molecule has 2 saturated heterocycles. The number of piperazine rings is 1. The van der Waals surface area contributed by atoms with Crippen molar-refractivity contribution in [1.82, 2.24) is 9.21 Å². The van der Waals surface area contributed by atoms with Gasteiger partial charge >= 0.3 is 0 Å². The number of quaternary nitrogens is 1. The topological polar surface area (TPSA) is 62.1 Å². The van der Waals surface area contributed by atoms with Gasteiger partial charge in [-0.15, -0.1) is 0 Å². The van der Waals surface area contributed by atoms with Crippen molar-refractivity contribution < 1.29 is 18.1 Å². The maximum Gasteiger partial charge on any atom is 0.280 e. The normalized spacial score (nSPS) is 26.7. The number of benzene rings is 1. The standard InChI is InChI=1S/C20H31N3O3S/c1-16-13-17(2)15-22(14-16)20(24)18(3)21-9-11-23(12-10-21)27(25,26)19-7-5-4-6-8-19/h4-8,16-18H,9-15H2,1-3H3/p+1/t16-,17-,18+/m0/s1. The van der Waals surface area contributed by atoms with Gasteiger partial charge < -0.3 is 9.80 Å². The van der Waals surface area contributed by atoms with Crippen molar-refractivity contribution in [2.24, 2.45) is 11.8 Å². The lowest BCUT2D eigenvalue weighted by Gasteiger charge is -2.39. The van der Waals surface area contributed by atoms with E-state index in [4.69, 9.17) is 0 Å². The first-order chi connectivity index (χ1) is 12.8. The lowest BCUT2D eigenvalue weighted by atomic mass is 9.91. The Morgan fingerprint density at radius 2 is 1.63 bits per heavy atom. The largest absolute Gasteiger partial charge is 0.337 e. The van der Waals surface area contributed by atoms with Crippen LogP contribution in [0, 0.1) is 11.8 Å². The number of piperidine rings is 1. The van der Waals surface area contributed by atoms with Crippen molar-refractivity contribution in [2.45, 2.75) is 38.1 Å². The van der Waals surface area contributed by atoms with E-state index in [-0.39, 0.29) is 11.9 Å². The first-order valence-electron chi connectivity index (χ1n) is 9.97. The molecule has 0 aliphatic carbocycles. The summed E-state index contributed by atoms with van der Waals surface area (Å²) in [6.45, 7) is 10.3. The number of nitrogens with one attached hydrogen (secondary N) is 1. The van der Waals surface area contributed by atoms with Crippen LogP contribution in [0.5, 0.6) is 0 Å². The highest BCUT2D eigenvalue weighted by molar-refractivity contribution is 7.89. The smallest absolute Gasteiger partial charge is 0.280 e. The van der Waals surface area contributed by atoms with Gasteiger partial charge in [0.25, 0.3) is 5.91 Å². The lowest BCUT2D eigenvalue weighted by molar-refractivity contribution is -0.918. The van der Waals surface area contributed by atoms with Gasteiger partial charge in [0.1, 0.15) is 0 Å². The van der Waals surface area contributed by atoms with Gasteiger partial charge in [0, 0.05) is 13.1 Å². The molecule has 1 aromatic carbocycles. The molecule has 27 heavy (non-hydrogen) atoms. The van der Waals surface area contributed by atoms with Gasteiger partial charge in [-0.2, -0.15) is 4.31 Å². The summed E-state index contributed by atoms with van der Waals surface area (Å²) in [5.74, 6) is 1.31. The van der Waals surface area contributed by atoms with E-state index in [9.17, 15) is 13.2 Å². The molecule has 3 atom stereocenters. The molecule has 6 nitrogen and oxygen atoms in total. The van der Waals surface area contributed by atoms with E-state index in [1.807, 2.05) is 17.9 Å². The Morgan fingerprint density at radius 3 is 2.19 bits per heavy atom. The Morgan fingerprint density at radius 1 is 1.07 bits per heavy atom. The summed E-state index contributed by atoms with van der Waals surface area (Å²) in [6, 6.07) is 8.46. The summed E-state index contributed by atoms with van der Waals surface area (Å²) < 4.78 is 27.1. The third kappa shape index (κ3) is 4.52. The van der Waals surface area contributed by atoms with Crippen LogP contribution in [0.2, 0.25) is 0 Å². The Hall–Kier alpha value is -1.44. The molecule has 7 heteroatoms. The van der Waals surface area contributed by atoms with Gasteiger partial charge in [0.05, 0.1) is 31.1 Å². The van der Waals surface area contributed by atoms with Crippen LogP contribution in [0.1, 0.15) is 27.2 Å². The van der Waals surface area contributed by atoms with Crippen LogP contribution >= 0.6 is 0 Å². The predicted molar refractivity (Wildman–Crippen MR) is 105 cm³/mol. The second-order valence-electron chi connectivity index (χ2n) is 8.29. The second-order valence-corrected chi connectivity index (χ2v) is 10.2. The molecule has 0 saturated carbocycles. The Labute approximate surface area is 163 Å². The summed E-state index contributed by atoms with van der Waals surface area (Å²) in [7, 11) is -3.44. The quantitative estimate of drug-likeness (QED) is 0.808. The zero-order valence-electron chi connectivity index (χ0n) is 16.6. The van der Waals surface area contributed by atoms with E-state index in [1.54, 1.807) is 28.6 Å². The number of carbonyl (C=O) groups is 1. The van der Waals surface area contributed by atoms with E-state index in [1.165, 1.54) is 11.3 Å². The van der Waals surface area contributed by atoms with Crippen molar-refractivity contribution >= 4 is 15.9 Å². The Balaban J connectivity index is 1.59. The molecule has 1 N–H and O–H groups in total. The van der Waals surface area contributed by atoms with Crippen molar-refractivity contribution in [1.29, 1.82) is 0 Å². The maximum absolute atomic E-state index is 13.0. The van der Waals surface area contributed by atoms with Gasteiger partial charge in [0.15, 0.2) is 6.04 Å². The molecule has 2 aliphatic rings. The SMILES string of the molecule is C[C@H]1C[C@H](C)CN(C(=O)[C@@H](C)[NH+]2CCN(S(=O)(=O)c3ccccc3)CC2)C1. The maximum atomic E-state index is 13.0. The minimum absolute atomic E-state index is 0.121. The van der Waals surface area contributed by atoms with Crippen LogP contribution in [-0.4, -0.2) is 68.8 Å². The van der Waals surface area contributed by atoms with Gasteiger partial charge in [-0.1, -0.05) is 32.0 Å². The molecule has 150 valence electrons. The molecule has 0 unspecified atom stereocenters. The van der Waals surface area contributed by atoms with E-state index < -0.39 is 10.0 Å². The number of carbonyl (C=O) groups excluding carboxylic acids is 1. The zero-order chi connectivity index (χ0) is 19.6. The monoisotopic (exact) mass is 394 g/mol. The second kappa shape index (κ2) is 8.29. The van der Waals surface area contributed by atoms with Crippen molar-refractivity contribution in [3.8, 4) is 0 Å². The third-order valence-electron chi connectivity index (χ3n) is 5.91. The molecule has 2 aliphatic heterocycles. The van der Waals surface area contributed by atoms with E-state index in [0.717, 1.165) is 13.1 Å². The number of hydrogen-bond donors (Lipinski definition) is 1. The molecule has 2 heterocycles. The summed E-state index contributed by atoms with van der Waals surface area (Å²) in [6.07, 6.45) is 1.18. The van der Waals surface area contributed by atoms with E-state index in [2.05, 4.69) is 13.8 Å². The van der Waals surface area contributed by atoms with Gasteiger partial charge in [-0.05, 0) is 37.3 Å². The summed E-state index contributed by atoms with van der Waals surface area (Å²) >= 11 is 0. The first-order valence-corrected chi connectivity index (χ1v) is 11.4. The number of amides is 1. The fourth-order valence-corrected chi connectivity index (χ4v) is 5.94. The minimum Gasteiger partial charge on any atom is -0.337 e. The highest BCUT2D eigenvalue weighted by Crippen LogP contribution is 2.21.